The maximum absolute atomic E-state index is 6.39. The van der Waals surface area contributed by atoms with Gasteiger partial charge in [-0.25, -0.2) is 0 Å². The maximum Gasteiger partial charge on any atom is 0.186 e. The first-order valence-electron chi connectivity index (χ1n) is 12.9. The third-order valence-corrected chi connectivity index (χ3v) is 6.60. The van der Waals surface area contributed by atoms with Gasteiger partial charge in [-0.1, -0.05) is 43.7 Å². The van der Waals surface area contributed by atoms with E-state index in [-0.39, 0.29) is 12.2 Å². The third-order valence-electron chi connectivity index (χ3n) is 6.60. The zero-order chi connectivity index (χ0) is 24.3. The summed E-state index contributed by atoms with van der Waals surface area (Å²) >= 11 is 0. The van der Waals surface area contributed by atoms with Crippen molar-refractivity contribution < 1.29 is 37.9 Å². The summed E-state index contributed by atoms with van der Waals surface area (Å²) in [5.74, 6) is 0. The summed E-state index contributed by atoms with van der Waals surface area (Å²) in [6, 6.07) is 9.90. The molecule has 0 aliphatic carbocycles. The van der Waals surface area contributed by atoms with Crippen molar-refractivity contribution in [2.24, 2.45) is 0 Å². The molecule has 0 aromatic heterocycles. The van der Waals surface area contributed by atoms with Crippen LogP contribution in [0.4, 0.5) is 0 Å². The monoisotopic (exact) mass is 495 g/mol. The number of hydrogen-bond acceptors (Lipinski definition) is 9. The quantitative estimate of drug-likeness (QED) is 0.612. The molecule has 0 unspecified atom stereocenters. The van der Waals surface area contributed by atoms with E-state index in [2.05, 4.69) is 11.8 Å². The number of hydrogen-bond donors (Lipinski definition) is 0. The molecule has 9 heteroatoms. The average Bonchev–Trinajstić information content (AvgIpc) is 2.91. The standard InChI is InChI=1S/C26H41NO8/c1-3-4-10-27-11-13-29-15-17-31-23-22-21(19-33-25(35-22)20-8-6-5-7-9-20)34-26(28-2)24(23)32-18-16-30-14-12-27/h5-9,21-26H,3-4,10-19H2,1-2H3/t21-,22-,23+,24-,25-,26+/m1/s1. The second-order valence-corrected chi connectivity index (χ2v) is 9.05. The molecule has 0 amide bonds. The van der Waals surface area contributed by atoms with E-state index < -0.39 is 24.8 Å². The average molecular weight is 496 g/mol. The van der Waals surface area contributed by atoms with E-state index in [1.165, 1.54) is 12.8 Å². The largest absolute Gasteiger partial charge is 0.378 e. The molecular formula is C26H41NO8. The molecule has 4 rings (SSSR count). The van der Waals surface area contributed by atoms with Crippen molar-refractivity contribution in [3.8, 4) is 0 Å². The van der Waals surface area contributed by atoms with Gasteiger partial charge >= 0.3 is 0 Å². The molecule has 198 valence electrons. The predicted octanol–water partition coefficient (Wildman–Crippen LogP) is 2.39. The first kappa shape index (κ1) is 26.9. The minimum atomic E-state index is -0.595. The smallest absolute Gasteiger partial charge is 0.186 e. The Bertz CT molecular complexity index is 710. The lowest BCUT2D eigenvalue weighted by Gasteiger charge is -2.48. The first-order chi connectivity index (χ1) is 17.3. The molecule has 3 aliphatic heterocycles. The van der Waals surface area contributed by atoms with Crippen molar-refractivity contribution >= 4 is 0 Å². The van der Waals surface area contributed by atoms with Crippen molar-refractivity contribution in [2.45, 2.75) is 56.8 Å². The molecule has 3 fully saturated rings. The van der Waals surface area contributed by atoms with Gasteiger partial charge < -0.3 is 37.9 Å². The van der Waals surface area contributed by atoms with Crippen LogP contribution < -0.4 is 0 Å². The van der Waals surface area contributed by atoms with Gasteiger partial charge in [-0.3, -0.25) is 4.90 Å². The van der Waals surface area contributed by atoms with Gasteiger partial charge in [0.25, 0.3) is 0 Å². The Hall–Kier alpha value is -1.14. The second-order valence-electron chi connectivity index (χ2n) is 9.05. The molecule has 1 aromatic carbocycles. The number of rotatable bonds is 5. The van der Waals surface area contributed by atoms with Crippen LogP contribution in [0, 0.1) is 0 Å². The molecule has 0 radical (unpaired) electrons. The van der Waals surface area contributed by atoms with Crippen LogP contribution in [0.2, 0.25) is 0 Å². The van der Waals surface area contributed by atoms with E-state index in [0.717, 1.165) is 25.2 Å². The van der Waals surface area contributed by atoms with Crippen LogP contribution in [0.25, 0.3) is 0 Å². The summed E-state index contributed by atoms with van der Waals surface area (Å²) in [5, 5.41) is 0. The molecule has 0 N–H and O–H groups in total. The van der Waals surface area contributed by atoms with Crippen molar-refractivity contribution in [3.05, 3.63) is 35.9 Å². The van der Waals surface area contributed by atoms with Crippen molar-refractivity contribution in [1.29, 1.82) is 0 Å². The van der Waals surface area contributed by atoms with Crippen LogP contribution in [0.1, 0.15) is 31.6 Å². The fourth-order valence-corrected chi connectivity index (χ4v) is 4.68. The molecule has 3 aliphatic rings. The van der Waals surface area contributed by atoms with Crippen LogP contribution in [0.15, 0.2) is 30.3 Å². The van der Waals surface area contributed by atoms with Crippen LogP contribution in [0.3, 0.4) is 0 Å². The highest BCUT2D eigenvalue weighted by Crippen LogP contribution is 2.36. The van der Waals surface area contributed by atoms with E-state index in [4.69, 9.17) is 37.9 Å². The molecule has 6 atom stereocenters. The lowest BCUT2D eigenvalue weighted by Crippen LogP contribution is -2.63. The van der Waals surface area contributed by atoms with Crippen LogP contribution in [-0.4, -0.2) is 109 Å². The SMILES string of the molecule is CCCCN1CCOCCO[C@@H]2[C@@H](OCCOCC1)[C@@H](OC)O[C@@H]1CO[C@@H](c3ccccc3)O[C@@H]21. The predicted molar refractivity (Wildman–Crippen MR) is 128 cm³/mol. The van der Waals surface area contributed by atoms with Gasteiger partial charge in [-0.05, 0) is 13.0 Å². The number of methoxy groups -OCH3 is 1. The molecule has 0 saturated carbocycles. The normalized spacial score (nSPS) is 34.2. The summed E-state index contributed by atoms with van der Waals surface area (Å²) in [4.78, 5) is 2.39. The lowest BCUT2D eigenvalue weighted by molar-refractivity contribution is -0.368. The molecule has 0 spiro atoms. The van der Waals surface area contributed by atoms with Gasteiger partial charge in [0.2, 0.25) is 0 Å². The zero-order valence-electron chi connectivity index (χ0n) is 21.0. The molecule has 1 aromatic rings. The van der Waals surface area contributed by atoms with E-state index in [1.807, 2.05) is 30.3 Å². The van der Waals surface area contributed by atoms with E-state index in [0.29, 0.717) is 46.2 Å². The van der Waals surface area contributed by atoms with E-state index >= 15 is 0 Å². The van der Waals surface area contributed by atoms with Crippen molar-refractivity contribution in [1.82, 2.24) is 4.90 Å². The molecule has 9 nitrogen and oxygen atoms in total. The molecule has 3 saturated heterocycles. The van der Waals surface area contributed by atoms with Gasteiger partial charge in [0.05, 0.1) is 46.2 Å². The Balaban J connectivity index is 1.42. The van der Waals surface area contributed by atoms with E-state index in [1.54, 1.807) is 7.11 Å². The summed E-state index contributed by atoms with van der Waals surface area (Å²) in [6.07, 6.45) is -0.301. The number of ether oxygens (including phenoxy) is 8. The fourth-order valence-electron chi connectivity index (χ4n) is 4.68. The maximum atomic E-state index is 6.39. The second kappa shape index (κ2) is 14.6. The van der Waals surface area contributed by atoms with Crippen molar-refractivity contribution in [3.63, 3.8) is 0 Å². The van der Waals surface area contributed by atoms with Crippen LogP contribution >= 0.6 is 0 Å². The summed E-state index contributed by atoms with van der Waals surface area (Å²) < 4.78 is 48.6. The van der Waals surface area contributed by atoms with Crippen LogP contribution in [0.5, 0.6) is 0 Å². The van der Waals surface area contributed by atoms with Gasteiger partial charge in [0.15, 0.2) is 12.6 Å². The van der Waals surface area contributed by atoms with Gasteiger partial charge in [-0.15, -0.1) is 0 Å². The lowest BCUT2D eigenvalue weighted by atomic mass is 9.97. The molecule has 3 heterocycles. The zero-order valence-corrected chi connectivity index (χ0v) is 21.0. The Labute approximate surface area is 208 Å². The van der Waals surface area contributed by atoms with Crippen LogP contribution in [-0.2, 0) is 37.9 Å². The van der Waals surface area contributed by atoms with Gasteiger partial charge in [-0.2, -0.15) is 0 Å². The molecular weight excluding hydrogens is 454 g/mol. The summed E-state index contributed by atoms with van der Waals surface area (Å²) in [6.45, 7) is 8.55. The summed E-state index contributed by atoms with van der Waals surface area (Å²) in [5.41, 5.74) is 0.957. The fraction of sp³-hybridized carbons (Fsp3) is 0.769. The van der Waals surface area contributed by atoms with Crippen molar-refractivity contribution in [2.75, 3.05) is 73.0 Å². The Morgan fingerprint density at radius 2 is 1.54 bits per heavy atom. The number of unbranched alkanes of at least 4 members (excludes halogenated alkanes) is 1. The molecule has 35 heavy (non-hydrogen) atoms. The number of fused-ring (bicyclic) bond motifs is 3. The number of nitrogens with zero attached hydrogens (tertiary/aromatic N) is 1. The summed E-state index contributed by atoms with van der Waals surface area (Å²) in [7, 11) is 1.61. The van der Waals surface area contributed by atoms with Gasteiger partial charge in [0.1, 0.15) is 24.4 Å². The topological polar surface area (TPSA) is 77.1 Å². The minimum Gasteiger partial charge on any atom is -0.378 e. The van der Waals surface area contributed by atoms with Gasteiger partial charge in [0, 0.05) is 25.8 Å². The van der Waals surface area contributed by atoms with E-state index in [9.17, 15) is 0 Å². The third kappa shape index (κ3) is 7.67. The Morgan fingerprint density at radius 1 is 0.829 bits per heavy atom. The Kier molecular flexibility index (Phi) is 11.2. The first-order valence-corrected chi connectivity index (χ1v) is 12.9. The highest BCUT2D eigenvalue weighted by atomic mass is 16.8. The number of benzene rings is 1. The minimum absolute atomic E-state index is 0.323. The highest BCUT2D eigenvalue weighted by Gasteiger charge is 2.51. The molecule has 0 bridgehead atoms. The Morgan fingerprint density at radius 3 is 2.23 bits per heavy atom. The highest BCUT2D eigenvalue weighted by molar-refractivity contribution is 5.16.